The van der Waals surface area contributed by atoms with E-state index in [-0.39, 0.29) is 49.0 Å². The van der Waals surface area contributed by atoms with Gasteiger partial charge in [0.15, 0.2) is 12.4 Å². The molecular formula is C19H23N3O5. The Balaban J connectivity index is 1.65. The lowest BCUT2D eigenvalue weighted by molar-refractivity contribution is -0.134. The second kappa shape index (κ2) is 7.77. The second-order valence-electron chi connectivity index (χ2n) is 6.88. The van der Waals surface area contributed by atoms with Gasteiger partial charge in [-0.3, -0.25) is 19.2 Å². The Morgan fingerprint density at radius 2 is 1.93 bits per heavy atom. The van der Waals surface area contributed by atoms with Crippen LogP contribution in [0.4, 0.5) is 5.69 Å². The first-order valence-electron chi connectivity index (χ1n) is 9.02. The van der Waals surface area contributed by atoms with Crippen molar-refractivity contribution >= 4 is 29.2 Å². The average Bonchev–Trinajstić information content (AvgIpc) is 2.66. The first kappa shape index (κ1) is 18.9. The fourth-order valence-corrected chi connectivity index (χ4v) is 3.45. The van der Waals surface area contributed by atoms with Crippen LogP contribution in [-0.4, -0.2) is 54.6 Å². The van der Waals surface area contributed by atoms with Crippen LogP contribution in [0, 0.1) is 5.92 Å². The van der Waals surface area contributed by atoms with Gasteiger partial charge in [-0.05, 0) is 38.0 Å². The molecule has 2 N–H and O–H groups in total. The Kier molecular flexibility index (Phi) is 5.43. The molecule has 0 unspecified atom stereocenters. The molecule has 3 amide bonds. The highest BCUT2D eigenvalue weighted by Gasteiger charge is 2.29. The molecule has 1 aromatic rings. The molecule has 8 heteroatoms. The number of amides is 3. The summed E-state index contributed by atoms with van der Waals surface area (Å²) < 4.78 is 5.42. The van der Waals surface area contributed by atoms with Crippen LogP contribution in [0.3, 0.4) is 0 Å². The zero-order valence-corrected chi connectivity index (χ0v) is 15.3. The van der Waals surface area contributed by atoms with E-state index in [9.17, 15) is 19.2 Å². The van der Waals surface area contributed by atoms with Gasteiger partial charge in [0.25, 0.3) is 5.91 Å². The predicted octanol–water partition coefficient (Wildman–Crippen LogP) is 0.729. The molecule has 1 fully saturated rings. The van der Waals surface area contributed by atoms with Crippen molar-refractivity contribution in [2.24, 2.45) is 11.7 Å². The zero-order valence-electron chi connectivity index (χ0n) is 15.3. The van der Waals surface area contributed by atoms with Gasteiger partial charge >= 0.3 is 0 Å². The number of likely N-dealkylation sites (tertiary alicyclic amines) is 1. The molecule has 0 saturated carbocycles. The van der Waals surface area contributed by atoms with E-state index in [1.165, 1.54) is 11.8 Å². The van der Waals surface area contributed by atoms with Gasteiger partial charge in [0.1, 0.15) is 5.75 Å². The molecule has 2 aliphatic heterocycles. The fourth-order valence-electron chi connectivity index (χ4n) is 3.45. The van der Waals surface area contributed by atoms with Crippen molar-refractivity contribution in [1.82, 2.24) is 4.90 Å². The van der Waals surface area contributed by atoms with Crippen molar-refractivity contribution < 1.29 is 23.9 Å². The summed E-state index contributed by atoms with van der Waals surface area (Å²) in [6, 6.07) is 4.95. The van der Waals surface area contributed by atoms with Crippen LogP contribution in [0.25, 0.3) is 0 Å². The second-order valence-corrected chi connectivity index (χ2v) is 6.88. The van der Waals surface area contributed by atoms with Crippen LogP contribution in [0.1, 0.15) is 36.5 Å². The van der Waals surface area contributed by atoms with E-state index in [1.54, 1.807) is 23.1 Å². The number of primary amides is 1. The lowest BCUT2D eigenvalue weighted by atomic mass is 9.96. The van der Waals surface area contributed by atoms with Gasteiger partial charge in [0.05, 0.1) is 5.69 Å². The largest absolute Gasteiger partial charge is 0.482 e. The number of benzene rings is 1. The number of nitrogens with zero attached hydrogens (tertiary/aromatic N) is 2. The van der Waals surface area contributed by atoms with E-state index in [1.807, 2.05) is 0 Å². The molecule has 0 radical (unpaired) electrons. The minimum Gasteiger partial charge on any atom is -0.482 e. The van der Waals surface area contributed by atoms with Crippen LogP contribution >= 0.6 is 0 Å². The average molecular weight is 373 g/mol. The monoisotopic (exact) mass is 373 g/mol. The van der Waals surface area contributed by atoms with Gasteiger partial charge in [0.2, 0.25) is 11.8 Å². The van der Waals surface area contributed by atoms with Crippen LogP contribution < -0.4 is 15.4 Å². The molecule has 2 heterocycles. The normalized spacial score (nSPS) is 17.3. The highest BCUT2D eigenvalue weighted by atomic mass is 16.5. The molecule has 1 saturated heterocycles. The minimum absolute atomic E-state index is 0.0681. The third kappa shape index (κ3) is 4.10. The summed E-state index contributed by atoms with van der Waals surface area (Å²) in [6.45, 7) is 2.57. The van der Waals surface area contributed by atoms with Gasteiger partial charge in [-0.1, -0.05) is 0 Å². The number of hydrogen-bond donors (Lipinski definition) is 1. The van der Waals surface area contributed by atoms with Crippen molar-refractivity contribution in [2.45, 2.75) is 26.2 Å². The van der Waals surface area contributed by atoms with E-state index in [0.717, 1.165) is 0 Å². The molecule has 0 aliphatic carbocycles. The molecule has 3 rings (SSSR count). The maximum Gasteiger partial charge on any atom is 0.265 e. The summed E-state index contributed by atoms with van der Waals surface area (Å²) in [7, 11) is 0. The van der Waals surface area contributed by atoms with E-state index in [2.05, 4.69) is 0 Å². The van der Waals surface area contributed by atoms with Gasteiger partial charge in [-0.15, -0.1) is 0 Å². The Morgan fingerprint density at radius 3 is 2.56 bits per heavy atom. The van der Waals surface area contributed by atoms with E-state index < -0.39 is 0 Å². The third-order valence-corrected chi connectivity index (χ3v) is 5.11. The molecule has 0 aromatic heterocycles. The quantitative estimate of drug-likeness (QED) is 0.765. The summed E-state index contributed by atoms with van der Waals surface area (Å²) >= 11 is 0. The molecule has 0 bridgehead atoms. The summed E-state index contributed by atoms with van der Waals surface area (Å²) in [6.07, 6.45) is 1.31. The molecule has 2 aliphatic rings. The number of ketones is 1. The predicted molar refractivity (Wildman–Crippen MR) is 97.4 cm³/mol. The Bertz CT molecular complexity index is 784. The molecule has 27 heavy (non-hydrogen) atoms. The molecule has 144 valence electrons. The molecule has 1 aromatic carbocycles. The topological polar surface area (TPSA) is 110 Å². The maximum absolute atomic E-state index is 12.5. The van der Waals surface area contributed by atoms with Gasteiger partial charge in [0, 0.05) is 37.5 Å². The number of nitrogens with two attached hydrogens (primary N) is 1. The van der Waals surface area contributed by atoms with E-state index in [0.29, 0.717) is 42.9 Å². The Hall–Kier alpha value is -2.90. The number of ether oxygens (including phenoxy) is 1. The van der Waals surface area contributed by atoms with Gasteiger partial charge in [-0.25, -0.2) is 0 Å². The molecular weight excluding hydrogens is 350 g/mol. The number of carbonyl (C=O) groups excluding carboxylic acids is 4. The lowest BCUT2D eigenvalue weighted by Crippen LogP contribution is -2.44. The van der Waals surface area contributed by atoms with Crippen molar-refractivity contribution in [3.8, 4) is 5.75 Å². The highest BCUT2D eigenvalue weighted by Crippen LogP contribution is 2.33. The van der Waals surface area contributed by atoms with Crippen LogP contribution in [0.15, 0.2) is 18.2 Å². The van der Waals surface area contributed by atoms with Crippen LogP contribution in [0.2, 0.25) is 0 Å². The fraction of sp³-hybridized carbons (Fsp3) is 0.474. The SMILES string of the molecule is CC(=O)c1ccc2c(c1)N(CCC(=O)N1CCC(C(N)=O)CC1)C(=O)CO2. The Labute approximate surface area is 157 Å². The number of Topliss-reactive ketones (excluding diaryl/α,β-unsaturated/α-hetero) is 1. The van der Waals surface area contributed by atoms with E-state index >= 15 is 0 Å². The zero-order chi connectivity index (χ0) is 19.6. The Morgan fingerprint density at radius 1 is 1.22 bits per heavy atom. The number of fused-ring (bicyclic) bond motifs is 1. The van der Waals surface area contributed by atoms with Crippen molar-refractivity contribution in [3.63, 3.8) is 0 Å². The molecule has 0 atom stereocenters. The minimum atomic E-state index is -0.320. The standard InChI is InChI=1S/C19H23N3O5/c1-12(23)14-2-3-16-15(10-14)22(18(25)11-27-16)9-6-17(24)21-7-4-13(5-8-21)19(20)26/h2-3,10,13H,4-9,11H2,1H3,(H2,20,26). The molecule has 8 nitrogen and oxygen atoms in total. The van der Waals surface area contributed by atoms with Crippen LogP contribution in [0.5, 0.6) is 5.75 Å². The smallest absolute Gasteiger partial charge is 0.265 e. The first-order valence-corrected chi connectivity index (χ1v) is 9.02. The number of piperidine rings is 1. The van der Waals surface area contributed by atoms with Crippen molar-refractivity contribution in [1.29, 1.82) is 0 Å². The number of anilines is 1. The maximum atomic E-state index is 12.5. The first-order chi connectivity index (χ1) is 12.9. The molecule has 0 spiro atoms. The summed E-state index contributed by atoms with van der Waals surface area (Å²) in [5.41, 5.74) is 6.31. The van der Waals surface area contributed by atoms with Gasteiger partial charge < -0.3 is 20.3 Å². The van der Waals surface area contributed by atoms with Crippen LogP contribution in [-0.2, 0) is 14.4 Å². The number of hydrogen-bond acceptors (Lipinski definition) is 5. The van der Waals surface area contributed by atoms with E-state index in [4.69, 9.17) is 10.5 Å². The third-order valence-electron chi connectivity index (χ3n) is 5.11. The summed E-state index contributed by atoms with van der Waals surface area (Å²) in [5.74, 6) is -0.394. The van der Waals surface area contributed by atoms with Crippen molar-refractivity contribution in [2.75, 3.05) is 31.1 Å². The summed E-state index contributed by atoms with van der Waals surface area (Å²) in [5, 5.41) is 0. The number of carbonyl (C=O) groups is 4. The summed E-state index contributed by atoms with van der Waals surface area (Å²) in [4.78, 5) is 50.8. The van der Waals surface area contributed by atoms with Crippen molar-refractivity contribution in [3.05, 3.63) is 23.8 Å². The van der Waals surface area contributed by atoms with Gasteiger partial charge in [-0.2, -0.15) is 0 Å². The highest BCUT2D eigenvalue weighted by molar-refractivity contribution is 6.01. The number of rotatable bonds is 5. The lowest BCUT2D eigenvalue weighted by Gasteiger charge is -2.32.